The quantitative estimate of drug-likeness (QED) is 0.789. The van der Waals surface area contributed by atoms with Gasteiger partial charge in [0.15, 0.2) is 5.69 Å². The molecule has 0 unspecified atom stereocenters. The molecule has 7 heteroatoms. The minimum atomic E-state index is -1.26. The molecular formula is C11H14N2O5. The summed E-state index contributed by atoms with van der Waals surface area (Å²) >= 11 is 0. The molecule has 0 aromatic carbocycles. The summed E-state index contributed by atoms with van der Waals surface area (Å²) < 4.78 is 4.53. The average molecular weight is 254 g/mol. The van der Waals surface area contributed by atoms with E-state index in [1.807, 2.05) is 0 Å². The lowest BCUT2D eigenvalue weighted by molar-refractivity contribution is -0.00231. The van der Waals surface area contributed by atoms with Gasteiger partial charge in [-0.25, -0.2) is 4.79 Å². The highest BCUT2D eigenvalue weighted by atomic mass is 16.5. The van der Waals surface area contributed by atoms with Gasteiger partial charge in [-0.3, -0.25) is 4.79 Å². The van der Waals surface area contributed by atoms with Gasteiger partial charge in [-0.1, -0.05) is 5.16 Å². The number of rotatable bonds is 2. The third-order valence-corrected chi connectivity index (χ3v) is 3.07. The Morgan fingerprint density at radius 1 is 1.44 bits per heavy atom. The van der Waals surface area contributed by atoms with Gasteiger partial charge in [0, 0.05) is 19.2 Å². The molecule has 0 aliphatic carbocycles. The Bertz CT molecular complexity index is 470. The van der Waals surface area contributed by atoms with Crippen LogP contribution < -0.4 is 0 Å². The number of likely N-dealkylation sites (tertiary alicyclic amines) is 1. The summed E-state index contributed by atoms with van der Waals surface area (Å²) in [6, 6.07) is 1.11. The van der Waals surface area contributed by atoms with Crippen LogP contribution in [0.3, 0.4) is 0 Å². The predicted octanol–water partition coefficient (Wildman–Crippen LogP) is 0.360. The van der Waals surface area contributed by atoms with Gasteiger partial charge < -0.3 is 19.6 Å². The number of aromatic nitrogens is 1. The molecular weight excluding hydrogens is 240 g/mol. The molecule has 1 aromatic rings. The lowest BCUT2D eigenvalue weighted by atomic mass is 9.94. The number of piperidine rings is 1. The number of carbonyl (C=O) groups is 2. The van der Waals surface area contributed by atoms with E-state index < -0.39 is 11.6 Å². The van der Waals surface area contributed by atoms with Crippen LogP contribution in [0.1, 0.15) is 40.8 Å². The highest BCUT2D eigenvalue weighted by Gasteiger charge is 2.31. The lowest BCUT2D eigenvalue weighted by Crippen LogP contribution is -2.45. The number of carboxylic acids is 1. The van der Waals surface area contributed by atoms with Crippen molar-refractivity contribution in [1.82, 2.24) is 10.1 Å². The fourth-order valence-corrected chi connectivity index (χ4v) is 1.83. The number of amides is 1. The van der Waals surface area contributed by atoms with Crippen LogP contribution in [0.25, 0.3) is 0 Å². The topological polar surface area (TPSA) is 104 Å². The van der Waals surface area contributed by atoms with Crippen LogP contribution in [0.2, 0.25) is 0 Å². The molecule has 1 amide bonds. The Morgan fingerprint density at radius 3 is 2.56 bits per heavy atom. The summed E-state index contributed by atoms with van der Waals surface area (Å²) in [5.74, 6) is -1.99. The molecule has 2 N–H and O–H groups in total. The van der Waals surface area contributed by atoms with Gasteiger partial charge >= 0.3 is 5.97 Å². The van der Waals surface area contributed by atoms with Gasteiger partial charge in [0.05, 0.1) is 5.60 Å². The second-order valence-electron chi connectivity index (χ2n) is 4.67. The molecule has 1 aliphatic rings. The molecule has 0 spiro atoms. The maximum absolute atomic E-state index is 12.0. The van der Waals surface area contributed by atoms with Crippen molar-refractivity contribution >= 4 is 11.9 Å². The Labute approximate surface area is 103 Å². The van der Waals surface area contributed by atoms with Crippen molar-refractivity contribution in [1.29, 1.82) is 0 Å². The van der Waals surface area contributed by atoms with Crippen LogP contribution in [0.5, 0.6) is 0 Å². The molecule has 0 atom stereocenters. The minimum Gasteiger partial charge on any atom is -0.475 e. The molecule has 2 heterocycles. The number of hydrogen-bond acceptors (Lipinski definition) is 5. The van der Waals surface area contributed by atoms with Crippen molar-refractivity contribution in [3.8, 4) is 0 Å². The zero-order chi connectivity index (χ0) is 13.3. The molecule has 1 aromatic heterocycles. The van der Waals surface area contributed by atoms with Crippen LogP contribution in [0, 0.1) is 0 Å². The van der Waals surface area contributed by atoms with E-state index in [0.717, 1.165) is 6.07 Å². The lowest BCUT2D eigenvalue weighted by Gasteiger charge is -2.35. The van der Waals surface area contributed by atoms with Crippen molar-refractivity contribution in [2.45, 2.75) is 25.4 Å². The Balaban J connectivity index is 2.05. The molecule has 2 rings (SSSR count). The van der Waals surface area contributed by atoms with Crippen LogP contribution in [0.15, 0.2) is 10.6 Å². The van der Waals surface area contributed by atoms with Crippen LogP contribution in [-0.2, 0) is 0 Å². The molecule has 1 aliphatic heterocycles. The third-order valence-electron chi connectivity index (χ3n) is 3.07. The molecule has 0 bridgehead atoms. The Hall–Kier alpha value is -1.89. The Kier molecular flexibility index (Phi) is 3.08. The molecule has 98 valence electrons. The monoisotopic (exact) mass is 254 g/mol. The molecule has 1 fully saturated rings. The molecule has 7 nitrogen and oxygen atoms in total. The SMILES string of the molecule is CC1(O)CCN(C(=O)c2cc(C(=O)O)on2)CC1. The van der Waals surface area contributed by atoms with Gasteiger partial charge in [0.2, 0.25) is 5.76 Å². The summed E-state index contributed by atoms with van der Waals surface area (Å²) in [7, 11) is 0. The number of aromatic carboxylic acids is 1. The minimum absolute atomic E-state index is 0.0195. The van der Waals surface area contributed by atoms with Crippen molar-refractivity contribution in [2.75, 3.05) is 13.1 Å². The first-order valence-corrected chi connectivity index (χ1v) is 5.61. The van der Waals surface area contributed by atoms with Crippen molar-refractivity contribution in [3.63, 3.8) is 0 Å². The summed E-state index contributed by atoms with van der Waals surface area (Å²) in [5.41, 5.74) is -0.763. The van der Waals surface area contributed by atoms with E-state index >= 15 is 0 Å². The summed E-state index contributed by atoms with van der Waals surface area (Å²) in [5, 5.41) is 21.9. The number of nitrogens with zero attached hydrogens (tertiary/aromatic N) is 2. The molecule has 1 saturated heterocycles. The Morgan fingerprint density at radius 2 is 2.06 bits per heavy atom. The highest BCUT2D eigenvalue weighted by molar-refractivity contribution is 5.94. The number of carbonyl (C=O) groups excluding carboxylic acids is 1. The van der Waals surface area contributed by atoms with E-state index in [9.17, 15) is 14.7 Å². The first-order valence-electron chi connectivity index (χ1n) is 5.61. The fraction of sp³-hybridized carbons (Fsp3) is 0.545. The standard InChI is InChI=1S/C11H14N2O5/c1-11(17)2-4-13(5-3-11)9(14)7-6-8(10(15)16)18-12-7/h6,17H,2-5H2,1H3,(H,15,16). The van der Waals surface area contributed by atoms with Gasteiger partial charge in [-0.15, -0.1) is 0 Å². The van der Waals surface area contributed by atoms with Gasteiger partial charge in [0.25, 0.3) is 5.91 Å². The maximum Gasteiger partial charge on any atom is 0.374 e. The second kappa shape index (κ2) is 4.41. The van der Waals surface area contributed by atoms with E-state index in [4.69, 9.17) is 5.11 Å². The van der Waals surface area contributed by atoms with Gasteiger partial charge in [-0.05, 0) is 19.8 Å². The summed E-state index contributed by atoms with van der Waals surface area (Å²) in [4.78, 5) is 24.1. The molecule has 0 radical (unpaired) electrons. The van der Waals surface area contributed by atoms with Gasteiger partial charge in [-0.2, -0.15) is 0 Å². The first kappa shape index (κ1) is 12.6. The number of aliphatic hydroxyl groups is 1. The third kappa shape index (κ3) is 2.51. The smallest absolute Gasteiger partial charge is 0.374 e. The van der Waals surface area contributed by atoms with E-state index in [-0.39, 0.29) is 17.4 Å². The largest absolute Gasteiger partial charge is 0.475 e. The second-order valence-corrected chi connectivity index (χ2v) is 4.67. The molecule has 18 heavy (non-hydrogen) atoms. The average Bonchev–Trinajstić information content (AvgIpc) is 2.77. The van der Waals surface area contributed by atoms with Gasteiger partial charge in [0.1, 0.15) is 0 Å². The number of carboxylic acid groups (broad SMARTS) is 1. The van der Waals surface area contributed by atoms with Crippen LogP contribution in [-0.4, -0.2) is 50.8 Å². The van der Waals surface area contributed by atoms with E-state index in [0.29, 0.717) is 25.9 Å². The van der Waals surface area contributed by atoms with Crippen molar-refractivity contribution in [2.24, 2.45) is 0 Å². The number of hydrogen-bond donors (Lipinski definition) is 2. The normalized spacial score (nSPS) is 18.7. The van der Waals surface area contributed by atoms with E-state index in [2.05, 4.69) is 9.68 Å². The summed E-state index contributed by atoms with van der Waals surface area (Å²) in [6.45, 7) is 2.57. The van der Waals surface area contributed by atoms with Crippen LogP contribution >= 0.6 is 0 Å². The predicted molar refractivity (Wildman–Crippen MR) is 59.2 cm³/mol. The van der Waals surface area contributed by atoms with E-state index in [1.54, 1.807) is 6.92 Å². The summed E-state index contributed by atoms with van der Waals surface area (Å²) in [6.07, 6.45) is 0.977. The highest BCUT2D eigenvalue weighted by Crippen LogP contribution is 2.22. The maximum atomic E-state index is 12.0. The zero-order valence-electron chi connectivity index (χ0n) is 9.92. The van der Waals surface area contributed by atoms with Crippen molar-refractivity contribution < 1.29 is 24.3 Å². The fourth-order valence-electron chi connectivity index (χ4n) is 1.83. The van der Waals surface area contributed by atoms with Crippen LogP contribution in [0.4, 0.5) is 0 Å². The first-order chi connectivity index (χ1) is 8.39. The zero-order valence-corrected chi connectivity index (χ0v) is 9.92. The van der Waals surface area contributed by atoms with Crippen molar-refractivity contribution in [3.05, 3.63) is 17.5 Å². The van der Waals surface area contributed by atoms with E-state index in [1.165, 1.54) is 4.90 Å². The molecule has 0 saturated carbocycles.